The Kier molecular flexibility index (Phi) is 4.74. The zero-order valence-corrected chi connectivity index (χ0v) is 8.07. The highest BCUT2D eigenvalue weighted by molar-refractivity contribution is 5.56. The Hall–Kier alpha value is -1.33. The molecule has 1 aliphatic heterocycles. The summed E-state index contributed by atoms with van der Waals surface area (Å²) >= 11 is 0. The summed E-state index contributed by atoms with van der Waals surface area (Å²) in [6.45, 7) is 3.83. The number of nitrogens with one attached hydrogen (secondary N) is 1. The van der Waals surface area contributed by atoms with Gasteiger partial charge >= 0.3 is 0 Å². The Bertz CT molecular complexity index is 230. The minimum absolute atomic E-state index is 0.396. The maximum atomic E-state index is 5.33. The summed E-state index contributed by atoms with van der Waals surface area (Å²) in [6, 6.07) is 3.45. The molecule has 5 nitrogen and oxygen atoms in total. The first-order valence-corrected chi connectivity index (χ1v) is 4.55. The van der Waals surface area contributed by atoms with Crippen LogP contribution >= 0.6 is 0 Å². The average Bonchev–Trinajstić information content (AvgIpc) is 2.26. The van der Waals surface area contributed by atoms with Crippen molar-refractivity contribution in [2.24, 2.45) is 0 Å². The maximum Gasteiger partial charge on any atom is 0.146 e. The Balaban J connectivity index is 0.000000146. The van der Waals surface area contributed by atoms with Crippen molar-refractivity contribution >= 4 is 11.5 Å². The second-order valence-corrected chi connectivity index (χ2v) is 2.84. The Labute approximate surface area is 83.5 Å². The molecule has 0 unspecified atom stereocenters. The van der Waals surface area contributed by atoms with Gasteiger partial charge in [0, 0.05) is 19.3 Å². The van der Waals surface area contributed by atoms with Gasteiger partial charge in [-0.3, -0.25) is 0 Å². The first-order valence-electron chi connectivity index (χ1n) is 4.55. The SMILES string of the molecule is C1COCCN1.Nc1cccnc1N. The summed E-state index contributed by atoms with van der Waals surface area (Å²) < 4.78 is 5.01. The van der Waals surface area contributed by atoms with Crippen LogP contribution in [0.25, 0.3) is 0 Å². The third-order valence-corrected chi connectivity index (χ3v) is 1.72. The zero-order chi connectivity index (χ0) is 10.2. The molecule has 14 heavy (non-hydrogen) atoms. The van der Waals surface area contributed by atoms with Gasteiger partial charge in [-0.1, -0.05) is 0 Å². The van der Waals surface area contributed by atoms with Gasteiger partial charge in [-0.05, 0) is 12.1 Å². The van der Waals surface area contributed by atoms with Crippen LogP contribution in [-0.4, -0.2) is 31.3 Å². The van der Waals surface area contributed by atoms with Gasteiger partial charge in [0.1, 0.15) is 5.82 Å². The van der Waals surface area contributed by atoms with E-state index >= 15 is 0 Å². The van der Waals surface area contributed by atoms with Crippen molar-refractivity contribution in [1.29, 1.82) is 0 Å². The van der Waals surface area contributed by atoms with E-state index in [1.807, 2.05) is 0 Å². The fourth-order valence-corrected chi connectivity index (χ4v) is 0.946. The van der Waals surface area contributed by atoms with Crippen LogP contribution in [0.15, 0.2) is 18.3 Å². The highest BCUT2D eigenvalue weighted by Crippen LogP contribution is 2.06. The van der Waals surface area contributed by atoms with Crippen molar-refractivity contribution in [2.75, 3.05) is 37.8 Å². The number of hydrogen-bond donors (Lipinski definition) is 3. The normalized spacial score (nSPS) is 15.4. The molecule has 0 aliphatic carbocycles. The average molecular weight is 196 g/mol. The molecule has 2 heterocycles. The Morgan fingerprint density at radius 3 is 2.29 bits per heavy atom. The van der Waals surface area contributed by atoms with E-state index in [0.29, 0.717) is 11.5 Å². The van der Waals surface area contributed by atoms with Gasteiger partial charge in [-0.25, -0.2) is 4.98 Å². The molecule has 0 amide bonds. The van der Waals surface area contributed by atoms with E-state index in [0.717, 1.165) is 26.3 Å². The lowest BCUT2D eigenvalue weighted by molar-refractivity contribution is 0.109. The van der Waals surface area contributed by atoms with Crippen molar-refractivity contribution in [3.8, 4) is 0 Å². The van der Waals surface area contributed by atoms with Crippen LogP contribution < -0.4 is 16.8 Å². The van der Waals surface area contributed by atoms with Crippen molar-refractivity contribution in [2.45, 2.75) is 0 Å². The third kappa shape index (κ3) is 4.06. The zero-order valence-electron chi connectivity index (χ0n) is 8.07. The number of nitrogens with zero attached hydrogens (tertiary/aromatic N) is 1. The number of aromatic nitrogens is 1. The molecule has 0 spiro atoms. The van der Waals surface area contributed by atoms with Crippen LogP contribution in [-0.2, 0) is 4.74 Å². The van der Waals surface area contributed by atoms with Gasteiger partial charge in [-0.15, -0.1) is 0 Å². The molecule has 1 saturated heterocycles. The number of hydrogen-bond acceptors (Lipinski definition) is 5. The summed E-state index contributed by atoms with van der Waals surface area (Å²) in [5, 5.41) is 3.16. The number of morpholine rings is 1. The van der Waals surface area contributed by atoms with Gasteiger partial charge in [0.25, 0.3) is 0 Å². The van der Waals surface area contributed by atoms with Gasteiger partial charge in [0.15, 0.2) is 0 Å². The van der Waals surface area contributed by atoms with Crippen LogP contribution in [0, 0.1) is 0 Å². The largest absolute Gasteiger partial charge is 0.396 e. The van der Waals surface area contributed by atoms with Crippen LogP contribution in [0.2, 0.25) is 0 Å². The molecule has 1 aliphatic rings. The molecule has 1 aromatic heterocycles. The van der Waals surface area contributed by atoms with Crippen molar-refractivity contribution in [1.82, 2.24) is 10.3 Å². The van der Waals surface area contributed by atoms with Crippen LogP contribution in [0.4, 0.5) is 11.5 Å². The number of ether oxygens (including phenoxy) is 1. The molecule has 0 saturated carbocycles. The number of nitrogen functional groups attached to an aromatic ring is 2. The van der Waals surface area contributed by atoms with E-state index in [-0.39, 0.29) is 0 Å². The van der Waals surface area contributed by atoms with Crippen molar-refractivity contribution < 1.29 is 4.74 Å². The Morgan fingerprint density at radius 1 is 1.29 bits per heavy atom. The molecule has 0 bridgehead atoms. The molecule has 1 fully saturated rings. The van der Waals surface area contributed by atoms with Crippen LogP contribution in [0.5, 0.6) is 0 Å². The standard InChI is InChI=1S/C5H7N3.C4H9NO/c6-4-2-1-3-8-5(4)7;1-3-6-4-2-5-1/h1-3H,6H2,(H2,7,8);5H,1-4H2. The fraction of sp³-hybridized carbons (Fsp3) is 0.444. The van der Waals surface area contributed by atoms with E-state index in [2.05, 4.69) is 10.3 Å². The van der Waals surface area contributed by atoms with Crippen LogP contribution in [0.1, 0.15) is 0 Å². The van der Waals surface area contributed by atoms with E-state index < -0.39 is 0 Å². The molecule has 5 heteroatoms. The maximum absolute atomic E-state index is 5.33. The molecule has 78 valence electrons. The lowest BCUT2D eigenvalue weighted by Gasteiger charge is -2.10. The molecule has 0 aromatic carbocycles. The molecule has 2 rings (SSSR count). The Morgan fingerprint density at radius 2 is 2.00 bits per heavy atom. The number of nitrogens with two attached hydrogens (primary N) is 2. The minimum atomic E-state index is 0.396. The second-order valence-electron chi connectivity index (χ2n) is 2.84. The molecule has 1 aromatic rings. The summed E-state index contributed by atoms with van der Waals surface area (Å²) in [7, 11) is 0. The number of pyridine rings is 1. The molecular formula is C9H16N4O. The highest BCUT2D eigenvalue weighted by Gasteiger charge is 1.93. The van der Waals surface area contributed by atoms with Gasteiger partial charge in [-0.2, -0.15) is 0 Å². The lowest BCUT2D eigenvalue weighted by atomic mass is 10.4. The predicted octanol–water partition coefficient (Wildman–Crippen LogP) is -0.148. The van der Waals surface area contributed by atoms with Gasteiger partial charge < -0.3 is 21.5 Å². The molecule has 0 radical (unpaired) electrons. The predicted molar refractivity (Wildman–Crippen MR) is 56.8 cm³/mol. The third-order valence-electron chi connectivity index (χ3n) is 1.72. The van der Waals surface area contributed by atoms with Crippen LogP contribution in [0.3, 0.4) is 0 Å². The second kappa shape index (κ2) is 6.17. The minimum Gasteiger partial charge on any atom is -0.396 e. The first-order chi connectivity index (χ1) is 6.80. The summed E-state index contributed by atoms with van der Waals surface area (Å²) in [5.41, 5.74) is 11.2. The topological polar surface area (TPSA) is 86.2 Å². The molecule has 5 N–H and O–H groups in total. The van der Waals surface area contributed by atoms with E-state index in [1.54, 1.807) is 18.3 Å². The van der Waals surface area contributed by atoms with E-state index in [4.69, 9.17) is 16.2 Å². The van der Waals surface area contributed by atoms with Crippen molar-refractivity contribution in [3.05, 3.63) is 18.3 Å². The summed E-state index contributed by atoms with van der Waals surface area (Å²) in [5.74, 6) is 0.396. The fourth-order valence-electron chi connectivity index (χ4n) is 0.946. The summed E-state index contributed by atoms with van der Waals surface area (Å²) in [4.78, 5) is 3.73. The smallest absolute Gasteiger partial charge is 0.146 e. The summed E-state index contributed by atoms with van der Waals surface area (Å²) in [6.07, 6.45) is 1.60. The van der Waals surface area contributed by atoms with E-state index in [9.17, 15) is 0 Å². The van der Waals surface area contributed by atoms with Gasteiger partial charge in [0.2, 0.25) is 0 Å². The molecule has 0 atom stereocenters. The highest BCUT2D eigenvalue weighted by atomic mass is 16.5. The quantitative estimate of drug-likeness (QED) is 0.537. The van der Waals surface area contributed by atoms with Crippen molar-refractivity contribution in [3.63, 3.8) is 0 Å². The number of rotatable bonds is 0. The van der Waals surface area contributed by atoms with E-state index in [1.165, 1.54) is 0 Å². The molecular weight excluding hydrogens is 180 g/mol. The monoisotopic (exact) mass is 196 g/mol. The van der Waals surface area contributed by atoms with Gasteiger partial charge in [0.05, 0.1) is 18.9 Å². The lowest BCUT2D eigenvalue weighted by Crippen LogP contribution is -2.30. The first kappa shape index (κ1) is 10.7. The number of anilines is 2.